The molecule has 2 heterocycles. The Labute approximate surface area is 171 Å². The van der Waals surface area contributed by atoms with Crippen molar-refractivity contribution in [3.8, 4) is 0 Å². The van der Waals surface area contributed by atoms with Crippen molar-refractivity contribution in [2.75, 3.05) is 38.1 Å². The Bertz CT molecular complexity index is 760. The van der Waals surface area contributed by atoms with E-state index in [2.05, 4.69) is 5.32 Å². The molecule has 2 aliphatic rings. The van der Waals surface area contributed by atoms with Crippen LogP contribution < -0.4 is 5.32 Å². The second-order valence-electron chi connectivity index (χ2n) is 8.33. The van der Waals surface area contributed by atoms with Gasteiger partial charge < -0.3 is 19.3 Å². The van der Waals surface area contributed by atoms with Crippen molar-refractivity contribution in [3.63, 3.8) is 0 Å². The molecule has 1 aromatic rings. The van der Waals surface area contributed by atoms with E-state index < -0.39 is 11.7 Å². The summed E-state index contributed by atoms with van der Waals surface area (Å²) in [4.78, 5) is 40.7. The fraction of sp³-hybridized carbons (Fsp3) is 0.571. The molecule has 8 nitrogen and oxygen atoms in total. The second kappa shape index (κ2) is 8.82. The predicted octanol–water partition coefficient (Wildman–Crippen LogP) is 2.50. The summed E-state index contributed by atoms with van der Waals surface area (Å²) >= 11 is 0. The SMILES string of the molecule is CC(C)(C)OC(=O)Nc1cccc(C(=O)N2CCN(C(=O)C3CCCO3)CC2)c1. The number of ether oxygens (including phenoxy) is 2. The van der Waals surface area contributed by atoms with Gasteiger partial charge >= 0.3 is 6.09 Å². The molecule has 158 valence electrons. The molecule has 0 radical (unpaired) electrons. The minimum Gasteiger partial charge on any atom is -0.444 e. The molecule has 2 saturated heterocycles. The van der Waals surface area contributed by atoms with Gasteiger partial charge in [0.2, 0.25) is 0 Å². The third kappa shape index (κ3) is 5.69. The van der Waals surface area contributed by atoms with Crippen molar-refractivity contribution in [1.82, 2.24) is 9.80 Å². The number of nitrogens with zero attached hydrogens (tertiary/aromatic N) is 2. The lowest BCUT2D eigenvalue weighted by Crippen LogP contribution is -2.52. The number of piperazine rings is 1. The fourth-order valence-electron chi connectivity index (χ4n) is 3.44. The molecule has 3 amide bonds. The Hall–Kier alpha value is -2.61. The van der Waals surface area contributed by atoms with Gasteiger partial charge in [0.15, 0.2) is 0 Å². The molecule has 1 aromatic carbocycles. The summed E-state index contributed by atoms with van der Waals surface area (Å²) in [7, 11) is 0. The first kappa shape index (κ1) is 21.1. The Morgan fingerprint density at radius 2 is 1.79 bits per heavy atom. The van der Waals surface area contributed by atoms with Gasteiger partial charge in [-0.05, 0) is 51.8 Å². The van der Waals surface area contributed by atoms with Crippen molar-refractivity contribution in [2.24, 2.45) is 0 Å². The average molecular weight is 403 g/mol. The summed E-state index contributed by atoms with van der Waals surface area (Å²) in [6.45, 7) is 7.95. The molecule has 1 N–H and O–H groups in total. The van der Waals surface area contributed by atoms with E-state index in [-0.39, 0.29) is 17.9 Å². The molecule has 3 rings (SSSR count). The number of benzene rings is 1. The molecule has 2 fully saturated rings. The summed E-state index contributed by atoms with van der Waals surface area (Å²) in [6, 6.07) is 6.78. The van der Waals surface area contributed by atoms with Crippen LogP contribution in [0, 0.1) is 0 Å². The van der Waals surface area contributed by atoms with Gasteiger partial charge in [-0.1, -0.05) is 6.07 Å². The predicted molar refractivity (Wildman–Crippen MR) is 108 cm³/mol. The largest absolute Gasteiger partial charge is 0.444 e. The van der Waals surface area contributed by atoms with Gasteiger partial charge in [0.1, 0.15) is 11.7 Å². The Kier molecular flexibility index (Phi) is 6.42. The van der Waals surface area contributed by atoms with Crippen molar-refractivity contribution in [3.05, 3.63) is 29.8 Å². The van der Waals surface area contributed by atoms with Gasteiger partial charge in [-0.3, -0.25) is 14.9 Å². The van der Waals surface area contributed by atoms with Crippen LogP contribution in [0.4, 0.5) is 10.5 Å². The van der Waals surface area contributed by atoms with E-state index in [1.54, 1.807) is 54.8 Å². The Morgan fingerprint density at radius 1 is 1.10 bits per heavy atom. The van der Waals surface area contributed by atoms with Crippen LogP contribution in [0.1, 0.15) is 44.0 Å². The van der Waals surface area contributed by atoms with E-state index in [0.29, 0.717) is 44.0 Å². The number of carbonyl (C=O) groups is 3. The quantitative estimate of drug-likeness (QED) is 0.838. The first-order valence-electron chi connectivity index (χ1n) is 10.0. The minimum atomic E-state index is -0.599. The van der Waals surface area contributed by atoms with E-state index >= 15 is 0 Å². The van der Waals surface area contributed by atoms with E-state index in [9.17, 15) is 14.4 Å². The highest BCUT2D eigenvalue weighted by Crippen LogP contribution is 2.18. The molecule has 1 unspecified atom stereocenters. The third-order valence-electron chi connectivity index (χ3n) is 4.84. The maximum atomic E-state index is 12.9. The summed E-state index contributed by atoms with van der Waals surface area (Å²) in [6.07, 6.45) is 0.800. The topological polar surface area (TPSA) is 88.2 Å². The number of nitrogens with one attached hydrogen (secondary N) is 1. The Morgan fingerprint density at radius 3 is 2.41 bits per heavy atom. The van der Waals surface area contributed by atoms with Crippen LogP contribution in [-0.2, 0) is 14.3 Å². The maximum absolute atomic E-state index is 12.9. The van der Waals surface area contributed by atoms with Gasteiger partial charge in [0.05, 0.1) is 0 Å². The van der Waals surface area contributed by atoms with Gasteiger partial charge in [-0.2, -0.15) is 0 Å². The lowest BCUT2D eigenvalue weighted by Gasteiger charge is -2.35. The number of rotatable bonds is 3. The molecule has 29 heavy (non-hydrogen) atoms. The van der Waals surface area contributed by atoms with Crippen LogP contribution in [0.3, 0.4) is 0 Å². The highest BCUT2D eigenvalue weighted by atomic mass is 16.6. The van der Waals surface area contributed by atoms with Crippen molar-refractivity contribution in [1.29, 1.82) is 0 Å². The van der Waals surface area contributed by atoms with E-state index in [1.165, 1.54) is 0 Å². The standard InChI is InChI=1S/C21H29N3O5/c1-21(2,3)29-20(27)22-16-7-4-6-15(14-16)18(25)23-9-11-24(12-10-23)19(26)17-8-5-13-28-17/h4,6-7,14,17H,5,8-13H2,1-3H3,(H,22,27). The van der Waals surface area contributed by atoms with E-state index in [1.807, 2.05) is 0 Å². The zero-order chi connectivity index (χ0) is 21.0. The van der Waals surface area contributed by atoms with Gasteiger partial charge in [-0.25, -0.2) is 4.79 Å². The lowest BCUT2D eigenvalue weighted by molar-refractivity contribution is -0.142. The van der Waals surface area contributed by atoms with Crippen LogP contribution in [0.2, 0.25) is 0 Å². The van der Waals surface area contributed by atoms with Crippen LogP contribution in [0.25, 0.3) is 0 Å². The fourth-order valence-corrected chi connectivity index (χ4v) is 3.44. The lowest BCUT2D eigenvalue weighted by atomic mass is 10.1. The molecule has 0 aromatic heterocycles. The molecule has 8 heteroatoms. The van der Waals surface area contributed by atoms with E-state index in [0.717, 1.165) is 12.8 Å². The minimum absolute atomic E-state index is 0.0261. The smallest absolute Gasteiger partial charge is 0.412 e. The number of anilines is 1. The summed E-state index contributed by atoms with van der Waals surface area (Å²) in [5.41, 5.74) is 0.382. The van der Waals surface area contributed by atoms with Crippen molar-refractivity contribution in [2.45, 2.75) is 45.3 Å². The van der Waals surface area contributed by atoms with Gasteiger partial charge in [0, 0.05) is 44.0 Å². The normalized spacial score (nSPS) is 19.8. The molecule has 0 saturated carbocycles. The highest BCUT2D eigenvalue weighted by molar-refractivity contribution is 5.96. The molecule has 2 aliphatic heterocycles. The third-order valence-corrected chi connectivity index (χ3v) is 4.84. The second-order valence-corrected chi connectivity index (χ2v) is 8.33. The zero-order valence-electron chi connectivity index (χ0n) is 17.3. The molecule has 0 aliphatic carbocycles. The zero-order valence-corrected chi connectivity index (χ0v) is 17.3. The van der Waals surface area contributed by atoms with Crippen molar-refractivity contribution >= 4 is 23.6 Å². The number of carbonyl (C=O) groups excluding carboxylic acids is 3. The van der Waals surface area contributed by atoms with Gasteiger partial charge in [-0.15, -0.1) is 0 Å². The molecule has 1 atom stereocenters. The summed E-state index contributed by atoms with van der Waals surface area (Å²) < 4.78 is 10.7. The molecule has 0 bridgehead atoms. The molecular formula is C21H29N3O5. The highest BCUT2D eigenvalue weighted by Gasteiger charge is 2.31. The van der Waals surface area contributed by atoms with Crippen LogP contribution in [0.15, 0.2) is 24.3 Å². The Balaban J connectivity index is 1.55. The number of amides is 3. The number of hydrogen-bond donors (Lipinski definition) is 1. The molecular weight excluding hydrogens is 374 g/mol. The van der Waals surface area contributed by atoms with Crippen LogP contribution >= 0.6 is 0 Å². The monoisotopic (exact) mass is 403 g/mol. The van der Waals surface area contributed by atoms with Crippen LogP contribution in [0.5, 0.6) is 0 Å². The number of hydrogen-bond acceptors (Lipinski definition) is 5. The maximum Gasteiger partial charge on any atom is 0.412 e. The van der Waals surface area contributed by atoms with Crippen molar-refractivity contribution < 1.29 is 23.9 Å². The summed E-state index contributed by atoms with van der Waals surface area (Å²) in [5.74, 6) is -0.0970. The van der Waals surface area contributed by atoms with Crippen LogP contribution in [-0.4, -0.2) is 72.2 Å². The molecule has 0 spiro atoms. The first-order chi connectivity index (χ1) is 13.7. The summed E-state index contributed by atoms with van der Waals surface area (Å²) in [5, 5.41) is 2.65. The van der Waals surface area contributed by atoms with Gasteiger partial charge in [0.25, 0.3) is 11.8 Å². The first-order valence-corrected chi connectivity index (χ1v) is 10.0. The van der Waals surface area contributed by atoms with E-state index in [4.69, 9.17) is 9.47 Å². The average Bonchev–Trinajstić information content (AvgIpc) is 3.20.